The molecule has 0 spiro atoms. The van der Waals surface area contributed by atoms with Crippen LogP contribution in [0.5, 0.6) is 5.75 Å². The topological polar surface area (TPSA) is 112 Å². The third-order valence-electron chi connectivity index (χ3n) is 3.46. The van der Waals surface area contributed by atoms with Gasteiger partial charge >= 0.3 is 11.6 Å². The summed E-state index contributed by atoms with van der Waals surface area (Å²) in [5.41, 5.74) is -1.29. The number of methoxy groups -OCH3 is 1. The maximum atomic E-state index is 12.1. The fourth-order valence-corrected chi connectivity index (χ4v) is 2.29. The zero-order chi connectivity index (χ0) is 18.0. The van der Waals surface area contributed by atoms with E-state index in [1.54, 1.807) is 18.2 Å². The number of carbonyl (C=O) groups is 3. The van der Waals surface area contributed by atoms with Crippen molar-refractivity contribution in [3.8, 4) is 5.75 Å². The molecule has 0 atom stereocenters. The Morgan fingerprint density at radius 3 is 2.60 bits per heavy atom. The van der Waals surface area contributed by atoms with Gasteiger partial charge in [-0.3, -0.25) is 9.59 Å². The summed E-state index contributed by atoms with van der Waals surface area (Å²) in [6.07, 6.45) is -0.0860. The molecule has 130 valence electrons. The van der Waals surface area contributed by atoms with Crippen molar-refractivity contribution in [2.24, 2.45) is 0 Å². The predicted molar refractivity (Wildman–Crippen MR) is 81.5 cm³/mol. The minimum atomic E-state index is -1.15. The van der Waals surface area contributed by atoms with E-state index in [1.165, 1.54) is 13.2 Å². The smallest absolute Gasteiger partial charge is 0.371 e. The van der Waals surface area contributed by atoms with Crippen molar-refractivity contribution in [2.45, 2.75) is 12.8 Å². The van der Waals surface area contributed by atoms with Gasteiger partial charge in [-0.2, -0.15) is 0 Å². The molecule has 2 aromatic rings. The van der Waals surface area contributed by atoms with Crippen LogP contribution < -0.4 is 10.4 Å². The Morgan fingerprint density at radius 1 is 1.20 bits per heavy atom. The monoisotopic (exact) mass is 347 g/mol. The second-order valence-corrected chi connectivity index (χ2v) is 5.13. The van der Waals surface area contributed by atoms with Gasteiger partial charge in [0.25, 0.3) is 11.8 Å². The molecule has 25 heavy (non-hydrogen) atoms. The number of fused-ring (bicyclic) bond motifs is 1. The van der Waals surface area contributed by atoms with Crippen molar-refractivity contribution < 1.29 is 33.1 Å². The summed E-state index contributed by atoms with van der Waals surface area (Å²) in [6.45, 7) is -0.0498. The lowest BCUT2D eigenvalue weighted by molar-refractivity contribution is -0.172. The average molecular weight is 347 g/mol. The fourth-order valence-electron chi connectivity index (χ4n) is 2.29. The normalized spacial score (nSPS) is 14.2. The molecular weight excluding hydrogens is 334 g/mol. The summed E-state index contributed by atoms with van der Waals surface area (Å²) < 4.78 is 15.2. The molecule has 1 aromatic carbocycles. The maximum absolute atomic E-state index is 12.1. The van der Waals surface area contributed by atoms with Crippen LogP contribution in [0, 0.1) is 0 Å². The highest BCUT2D eigenvalue weighted by molar-refractivity contribution is 6.03. The highest BCUT2D eigenvalue weighted by Gasteiger charge is 2.34. The molecule has 0 N–H and O–H groups in total. The Hall–Kier alpha value is -3.20. The molecule has 9 heteroatoms. The van der Waals surface area contributed by atoms with Gasteiger partial charge in [-0.1, -0.05) is 12.1 Å². The largest absolute Gasteiger partial charge is 0.464 e. The van der Waals surface area contributed by atoms with Gasteiger partial charge in [0.05, 0.1) is 0 Å². The molecule has 0 radical (unpaired) electrons. The van der Waals surface area contributed by atoms with Crippen LogP contribution in [0.3, 0.4) is 0 Å². The number of imide groups is 1. The maximum Gasteiger partial charge on any atom is 0.371 e. The lowest BCUT2D eigenvalue weighted by atomic mass is 10.2. The third-order valence-corrected chi connectivity index (χ3v) is 3.46. The summed E-state index contributed by atoms with van der Waals surface area (Å²) in [7, 11) is 1.44. The van der Waals surface area contributed by atoms with Crippen LogP contribution in [0.4, 0.5) is 0 Å². The number of carbonyl (C=O) groups excluding carboxylic acids is 3. The Balaban J connectivity index is 1.93. The van der Waals surface area contributed by atoms with E-state index in [1.807, 2.05) is 0 Å². The lowest BCUT2D eigenvalue weighted by Gasteiger charge is -2.12. The van der Waals surface area contributed by atoms with Crippen molar-refractivity contribution in [1.82, 2.24) is 5.06 Å². The molecule has 0 bridgehead atoms. The van der Waals surface area contributed by atoms with Crippen LogP contribution in [0.2, 0.25) is 0 Å². The summed E-state index contributed by atoms with van der Waals surface area (Å²) in [6, 6.07) is 6.05. The van der Waals surface area contributed by atoms with Crippen molar-refractivity contribution in [3.63, 3.8) is 0 Å². The summed E-state index contributed by atoms with van der Waals surface area (Å²) in [4.78, 5) is 51.9. The van der Waals surface area contributed by atoms with Crippen LogP contribution in [0.1, 0.15) is 23.2 Å². The van der Waals surface area contributed by atoms with Crippen LogP contribution in [-0.2, 0) is 19.2 Å². The molecule has 1 aromatic heterocycles. The second kappa shape index (κ2) is 6.73. The van der Waals surface area contributed by atoms with Gasteiger partial charge in [-0.15, -0.1) is 5.06 Å². The number of para-hydroxylation sites is 1. The molecule has 1 aliphatic heterocycles. The van der Waals surface area contributed by atoms with Crippen LogP contribution >= 0.6 is 0 Å². The molecule has 3 rings (SSSR count). The number of hydrogen-bond donors (Lipinski definition) is 0. The Bertz CT molecular complexity index is 900. The van der Waals surface area contributed by atoms with Gasteiger partial charge in [0, 0.05) is 25.3 Å². The first kappa shape index (κ1) is 16.7. The average Bonchev–Trinajstić information content (AvgIpc) is 2.91. The standard InChI is InChI=1S/C16H13NO8/c1-22-8-23-11-4-2-3-9-7-10(15(20)24-14(9)11)16(21)25-17-12(18)5-6-13(17)19/h2-4,7H,5-6,8H2,1H3. The highest BCUT2D eigenvalue weighted by Crippen LogP contribution is 2.25. The second-order valence-electron chi connectivity index (χ2n) is 5.13. The number of rotatable bonds is 5. The Morgan fingerprint density at radius 2 is 1.92 bits per heavy atom. The third kappa shape index (κ3) is 3.22. The van der Waals surface area contributed by atoms with E-state index in [4.69, 9.17) is 18.7 Å². The first-order valence-corrected chi connectivity index (χ1v) is 7.28. The number of amides is 2. The summed E-state index contributed by atoms with van der Waals surface area (Å²) in [5, 5.41) is 0.767. The predicted octanol–water partition coefficient (Wildman–Crippen LogP) is 0.997. The molecule has 2 heterocycles. The van der Waals surface area contributed by atoms with Gasteiger partial charge in [0.15, 0.2) is 18.1 Å². The van der Waals surface area contributed by atoms with E-state index in [2.05, 4.69) is 0 Å². The van der Waals surface area contributed by atoms with E-state index in [-0.39, 0.29) is 31.0 Å². The molecule has 1 aliphatic rings. The number of hydrogen-bond acceptors (Lipinski definition) is 8. The fraction of sp³-hybridized carbons (Fsp3) is 0.250. The molecule has 0 aliphatic carbocycles. The van der Waals surface area contributed by atoms with Gasteiger partial charge < -0.3 is 18.7 Å². The molecule has 9 nitrogen and oxygen atoms in total. The van der Waals surface area contributed by atoms with E-state index < -0.39 is 29.0 Å². The zero-order valence-corrected chi connectivity index (χ0v) is 13.1. The number of hydroxylamine groups is 2. The Labute approximate surface area is 140 Å². The minimum Gasteiger partial charge on any atom is -0.464 e. The number of benzene rings is 1. The van der Waals surface area contributed by atoms with Crippen molar-refractivity contribution in [1.29, 1.82) is 0 Å². The summed E-state index contributed by atoms with van der Waals surface area (Å²) >= 11 is 0. The molecule has 2 amide bonds. The van der Waals surface area contributed by atoms with Crippen LogP contribution in [0.15, 0.2) is 33.5 Å². The first-order valence-electron chi connectivity index (χ1n) is 7.28. The molecular formula is C16H13NO8. The van der Waals surface area contributed by atoms with E-state index in [9.17, 15) is 19.2 Å². The van der Waals surface area contributed by atoms with Gasteiger partial charge in [-0.05, 0) is 12.1 Å². The molecule has 1 fully saturated rings. The number of nitrogens with zero attached hydrogens (tertiary/aromatic N) is 1. The highest BCUT2D eigenvalue weighted by atomic mass is 16.7. The van der Waals surface area contributed by atoms with Crippen LogP contribution in [0.25, 0.3) is 11.0 Å². The van der Waals surface area contributed by atoms with E-state index >= 15 is 0 Å². The minimum absolute atomic E-state index is 0.0430. The van der Waals surface area contributed by atoms with Gasteiger partial charge in [0.1, 0.15) is 5.56 Å². The van der Waals surface area contributed by atoms with Crippen molar-refractivity contribution in [3.05, 3.63) is 40.2 Å². The molecule has 1 saturated heterocycles. The Kier molecular flexibility index (Phi) is 4.48. The van der Waals surface area contributed by atoms with Crippen molar-refractivity contribution in [2.75, 3.05) is 13.9 Å². The number of ether oxygens (including phenoxy) is 2. The van der Waals surface area contributed by atoms with Gasteiger partial charge in [0.2, 0.25) is 0 Å². The van der Waals surface area contributed by atoms with Crippen LogP contribution in [-0.4, -0.2) is 36.7 Å². The summed E-state index contributed by atoms with van der Waals surface area (Å²) in [5.74, 6) is -2.17. The molecule has 0 saturated carbocycles. The zero-order valence-electron chi connectivity index (χ0n) is 13.1. The van der Waals surface area contributed by atoms with Gasteiger partial charge in [-0.25, -0.2) is 9.59 Å². The lowest BCUT2D eigenvalue weighted by Crippen LogP contribution is -2.33. The molecule has 0 unspecified atom stereocenters. The quantitative estimate of drug-likeness (QED) is 0.447. The van der Waals surface area contributed by atoms with Crippen molar-refractivity contribution >= 4 is 28.8 Å². The van der Waals surface area contributed by atoms with E-state index in [0.29, 0.717) is 10.4 Å². The van der Waals surface area contributed by atoms with E-state index in [0.717, 1.165) is 0 Å². The first-order chi connectivity index (χ1) is 12.0. The SMILES string of the molecule is COCOc1cccc2cc(C(=O)ON3C(=O)CCC3=O)c(=O)oc12.